The average Bonchev–Trinajstić information content (AvgIpc) is 3.10. The Morgan fingerprint density at radius 3 is 2.43 bits per heavy atom. The van der Waals surface area contributed by atoms with Crippen LogP contribution in [-0.4, -0.2) is 40.3 Å². The van der Waals surface area contributed by atoms with Crippen LogP contribution in [0.1, 0.15) is 16.3 Å². The molecule has 30 heavy (non-hydrogen) atoms. The summed E-state index contributed by atoms with van der Waals surface area (Å²) in [5, 5.41) is 1.26. The van der Waals surface area contributed by atoms with Crippen molar-refractivity contribution in [2.75, 3.05) is 24.3 Å². The number of hydrogen-bond acceptors (Lipinski definition) is 7. The number of rotatable bonds is 8. The van der Waals surface area contributed by atoms with E-state index in [1.165, 1.54) is 23.1 Å². The van der Waals surface area contributed by atoms with Crippen LogP contribution in [0.4, 0.5) is 5.13 Å². The molecular formula is C22H24N4O2S2. The highest BCUT2D eigenvalue weighted by molar-refractivity contribution is 7.99. The van der Waals surface area contributed by atoms with Gasteiger partial charge in [-0.05, 0) is 51.1 Å². The Balaban J connectivity index is 1.79. The molecule has 0 aliphatic carbocycles. The summed E-state index contributed by atoms with van der Waals surface area (Å²) in [6.07, 6.45) is 1.71. The van der Waals surface area contributed by atoms with Crippen molar-refractivity contribution in [3.05, 3.63) is 59.3 Å². The van der Waals surface area contributed by atoms with Crippen LogP contribution in [0.25, 0.3) is 11.3 Å². The van der Waals surface area contributed by atoms with Gasteiger partial charge in [0.05, 0.1) is 18.6 Å². The SMILES string of the molecule is C=CCN(C(=O)CSc1nc(C)cc(C)n1)c1nc(-c2ccc(OC)cc2)c(C)s1. The Hall–Kier alpha value is -2.71. The van der Waals surface area contributed by atoms with Gasteiger partial charge < -0.3 is 4.74 Å². The highest BCUT2D eigenvalue weighted by Crippen LogP contribution is 2.33. The van der Waals surface area contributed by atoms with Gasteiger partial charge >= 0.3 is 0 Å². The van der Waals surface area contributed by atoms with Crippen LogP contribution in [0.5, 0.6) is 5.75 Å². The first-order valence-corrected chi connectivity index (χ1v) is 11.2. The normalized spacial score (nSPS) is 10.7. The number of amides is 1. The van der Waals surface area contributed by atoms with E-state index in [-0.39, 0.29) is 11.7 Å². The minimum atomic E-state index is -0.0577. The van der Waals surface area contributed by atoms with Gasteiger partial charge in [-0.25, -0.2) is 15.0 Å². The fraction of sp³-hybridized carbons (Fsp3) is 0.273. The van der Waals surface area contributed by atoms with Gasteiger partial charge in [0, 0.05) is 28.4 Å². The summed E-state index contributed by atoms with van der Waals surface area (Å²) in [5.41, 5.74) is 3.63. The molecule has 1 amide bonds. The standard InChI is InChI=1S/C22H24N4O2S2/c1-6-11-26(19(27)13-29-21-23-14(2)12-15(3)24-21)22-25-20(16(4)30-22)17-7-9-18(28-5)10-8-17/h6-10,12H,1,11,13H2,2-5H3. The molecule has 0 N–H and O–H groups in total. The lowest BCUT2D eigenvalue weighted by Gasteiger charge is -2.17. The zero-order valence-electron chi connectivity index (χ0n) is 17.5. The molecule has 2 heterocycles. The molecule has 156 valence electrons. The van der Waals surface area contributed by atoms with E-state index >= 15 is 0 Å². The number of aryl methyl sites for hydroxylation is 3. The number of methoxy groups -OCH3 is 1. The zero-order valence-corrected chi connectivity index (χ0v) is 19.1. The van der Waals surface area contributed by atoms with Crippen molar-refractivity contribution in [3.8, 4) is 17.0 Å². The van der Waals surface area contributed by atoms with Crippen LogP contribution in [0.2, 0.25) is 0 Å². The first-order valence-electron chi connectivity index (χ1n) is 9.39. The lowest BCUT2D eigenvalue weighted by atomic mass is 10.1. The fourth-order valence-electron chi connectivity index (χ4n) is 2.89. The predicted molar refractivity (Wildman–Crippen MR) is 124 cm³/mol. The molecule has 3 rings (SSSR count). The quantitative estimate of drug-likeness (QED) is 0.283. The summed E-state index contributed by atoms with van der Waals surface area (Å²) in [6.45, 7) is 10.0. The van der Waals surface area contributed by atoms with E-state index in [0.717, 1.165) is 33.3 Å². The summed E-state index contributed by atoms with van der Waals surface area (Å²) >= 11 is 2.83. The van der Waals surface area contributed by atoms with E-state index in [1.54, 1.807) is 18.1 Å². The number of anilines is 1. The van der Waals surface area contributed by atoms with E-state index in [9.17, 15) is 4.79 Å². The molecule has 0 unspecified atom stereocenters. The predicted octanol–water partition coefficient (Wildman–Crippen LogP) is 4.85. The first-order chi connectivity index (χ1) is 14.4. The molecule has 0 radical (unpaired) electrons. The molecule has 0 saturated heterocycles. The lowest BCUT2D eigenvalue weighted by Crippen LogP contribution is -2.32. The lowest BCUT2D eigenvalue weighted by molar-refractivity contribution is -0.116. The van der Waals surface area contributed by atoms with Crippen molar-refractivity contribution < 1.29 is 9.53 Å². The van der Waals surface area contributed by atoms with Crippen LogP contribution >= 0.6 is 23.1 Å². The topological polar surface area (TPSA) is 68.2 Å². The molecule has 0 aliphatic heterocycles. The fourth-order valence-corrected chi connectivity index (χ4v) is 4.68. The van der Waals surface area contributed by atoms with E-state index in [0.29, 0.717) is 16.8 Å². The molecule has 0 aliphatic rings. The molecule has 0 bridgehead atoms. The largest absolute Gasteiger partial charge is 0.497 e. The number of hydrogen-bond donors (Lipinski definition) is 0. The van der Waals surface area contributed by atoms with E-state index in [1.807, 2.05) is 51.1 Å². The van der Waals surface area contributed by atoms with Crippen molar-refractivity contribution in [1.82, 2.24) is 15.0 Å². The second kappa shape index (κ2) is 9.86. The Bertz CT molecular complexity index is 1030. The van der Waals surface area contributed by atoms with Gasteiger partial charge in [0.15, 0.2) is 10.3 Å². The molecular weight excluding hydrogens is 416 g/mol. The summed E-state index contributed by atoms with van der Waals surface area (Å²) in [4.78, 5) is 29.2. The number of thioether (sulfide) groups is 1. The second-order valence-corrected chi connectivity index (χ2v) is 8.77. The molecule has 0 atom stereocenters. The van der Waals surface area contributed by atoms with Crippen LogP contribution in [0, 0.1) is 20.8 Å². The van der Waals surface area contributed by atoms with Crippen molar-refractivity contribution in [2.24, 2.45) is 0 Å². The van der Waals surface area contributed by atoms with Gasteiger partial charge in [0.2, 0.25) is 5.91 Å². The Morgan fingerprint density at radius 1 is 1.17 bits per heavy atom. The maximum absolute atomic E-state index is 13.0. The number of nitrogens with zero attached hydrogens (tertiary/aromatic N) is 4. The van der Waals surface area contributed by atoms with Crippen LogP contribution in [-0.2, 0) is 4.79 Å². The molecule has 0 fully saturated rings. The molecule has 0 saturated carbocycles. The number of thiazole rings is 1. The van der Waals surface area contributed by atoms with Crippen LogP contribution < -0.4 is 9.64 Å². The maximum Gasteiger partial charge on any atom is 0.239 e. The van der Waals surface area contributed by atoms with E-state index < -0.39 is 0 Å². The van der Waals surface area contributed by atoms with Gasteiger partial charge in [0.1, 0.15) is 5.75 Å². The third-order valence-corrected chi connectivity index (χ3v) is 6.10. The molecule has 0 spiro atoms. The van der Waals surface area contributed by atoms with Crippen molar-refractivity contribution in [2.45, 2.75) is 25.9 Å². The van der Waals surface area contributed by atoms with Crippen LogP contribution in [0.3, 0.4) is 0 Å². The van der Waals surface area contributed by atoms with Gasteiger partial charge in [-0.2, -0.15) is 0 Å². The third kappa shape index (κ3) is 5.25. The molecule has 3 aromatic rings. The number of ether oxygens (including phenoxy) is 1. The van der Waals surface area contributed by atoms with Crippen LogP contribution in [0.15, 0.2) is 48.1 Å². The van der Waals surface area contributed by atoms with Gasteiger partial charge in [-0.1, -0.05) is 17.8 Å². The third-order valence-electron chi connectivity index (χ3n) is 4.28. The Kier molecular flexibility index (Phi) is 7.23. The number of carbonyl (C=O) groups is 1. The summed E-state index contributed by atoms with van der Waals surface area (Å²) in [6, 6.07) is 9.66. The summed E-state index contributed by atoms with van der Waals surface area (Å²) in [5.74, 6) is 0.964. The summed E-state index contributed by atoms with van der Waals surface area (Å²) in [7, 11) is 1.64. The molecule has 2 aromatic heterocycles. The minimum absolute atomic E-state index is 0.0577. The highest BCUT2D eigenvalue weighted by atomic mass is 32.2. The molecule has 8 heteroatoms. The molecule has 1 aromatic carbocycles. The van der Waals surface area contributed by atoms with Gasteiger partial charge in [0.25, 0.3) is 0 Å². The van der Waals surface area contributed by atoms with Crippen molar-refractivity contribution in [3.63, 3.8) is 0 Å². The van der Waals surface area contributed by atoms with Crippen molar-refractivity contribution in [1.29, 1.82) is 0 Å². The number of aromatic nitrogens is 3. The average molecular weight is 441 g/mol. The zero-order chi connectivity index (χ0) is 21.7. The summed E-state index contributed by atoms with van der Waals surface area (Å²) < 4.78 is 5.23. The van der Waals surface area contributed by atoms with Crippen molar-refractivity contribution >= 4 is 34.1 Å². The molecule has 6 nitrogen and oxygen atoms in total. The van der Waals surface area contributed by atoms with Gasteiger partial charge in [-0.3, -0.25) is 9.69 Å². The Morgan fingerprint density at radius 2 is 1.83 bits per heavy atom. The number of carbonyl (C=O) groups excluding carboxylic acids is 1. The monoisotopic (exact) mass is 440 g/mol. The first kappa shape index (κ1) is 22.0. The van der Waals surface area contributed by atoms with Gasteiger partial charge in [-0.15, -0.1) is 17.9 Å². The number of benzene rings is 1. The highest BCUT2D eigenvalue weighted by Gasteiger charge is 2.21. The maximum atomic E-state index is 13.0. The Labute approximate surface area is 185 Å². The van der Waals surface area contributed by atoms with E-state index in [4.69, 9.17) is 9.72 Å². The van der Waals surface area contributed by atoms with E-state index in [2.05, 4.69) is 16.5 Å². The second-order valence-electron chi connectivity index (χ2n) is 6.64. The minimum Gasteiger partial charge on any atom is -0.497 e. The smallest absolute Gasteiger partial charge is 0.239 e.